The van der Waals surface area contributed by atoms with Gasteiger partial charge in [0, 0.05) is 12.5 Å². The third-order valence-corrected chi connectivity index (χ3v) is 3.58. The van der Waals surface area contributed by atoms with Gasteiger partial charge >= 0.3 is 0 Å². The maximum atomic E-state index is 11.0. The van der Waals surface area contributed by atoms with Crippen LogP contribution in [0, 0.1) is 5.92 Å². The highest BCUT2D eigenvalue weighted by molar-refractivity contribution is 5.66. The van der Waals surface area contributed by atoms with Crippen molar-refractivity contribution in [1.82, 2.24) is 0 Å². The van der Waals surface area contributed by atoms with Crippen molar-refractivity contribution in [3.63, 3.8) is 0 Å². The van der Waals surface area contributed by atoms with Crippen molar-refractivity contribution in [3.05, 3.63) is 0 Å². The fourth-order valence-electron chi connectivity index (χ4n) is 2.60. The van der Waals surface area contributed by atoms with Crippen LogP contribution >= 0.6 is 0 Å². The zero-order valence-corrected chi connectivity index (χ0v) is 8.21. The van der Waals surface area contributed by atoms with Crippen molar-refractivity contribution in [3.8, 4) is 0 Å². The van der Waals surface area contributed by atoms with Gasteiger partial charge in [0.2, 0.25) is 0 Å². The largest absolute Gasteiger partial charge is 0.371 e. The van der Waals surface area contributed by atoms with E-state index in [1.54, 1.807) is 0 Å². The molecule has 0 amide bonds. The van der Waals surface area contributed by atoms with Gasteiger partial charge in [0.1, 0.15) is 11.2 Å². The molecule has 0 spiro atoms. The van der Waals surface area contributed by atoms with Gasteiger partial charge in [-0.3, -0.25) is 0 Å². The standard InChI is InChI=1S/C10H16O3/c1-3-12-10-5-4-8(10)6-13-9(10,2)7-11/h7-8H,3-6H2,1-2H3/t8-,9-,10+/m1/s1. The zero-order chi connectivity index (χ0) is 9.53. The fraction of sp³-hybridized carbons (Fsp3) is 0.900. The topological polar surface area (TPSA) is 35.5 Å². The molecule has 3 atom stereocenters. The van der Waals surface area contributed by atoms with Gasteiger partial charge in [-0.15, -0.1) is 0 Å². The van der Waals surface area contributed by atoms with Gasteiger partial charge in [-0.2, -0.15) is 0 Å². The second kappa shape index (κ2) is 2.79. The molecule has 3 nitrogen and oxygen atoms in total. The van der Waals surface area contributed by atoms with Gasteiger partial charge in [0.05, 0.1) is 6.61 Å². The Labute approximate surface area is 78.4 Å². The highest BCUT2D eigenvalue weighted by Crippen LogP contribution is 2.54. The number of aldehydes is 1. The summed E-state index contributed by atoms with van der Waals surface area (Å²) < 4.78 is 11.3. The first-order valence-corrected chi connectivity index (χ1v) is 4.93. The summed E-state index contributed by atoms with van der Waals surface area (Å²) >= 11 is 0. The van der Waals surface area contributed by atoms with Gasteiger partial charge in [-0.25, -0.2) is 0 Å². The van der Waals surface area contributed by atoms with E-state index in [2.05, 4.69) is 0 Å². The van der Waals surface area contributed by atoms with Gasteiger partial charge < -0.3 is 14.3 Å². The summed E-state index contributed by atoms with van der Waals surface area (Å²) in [4.78, 5) is 11.0. The summed E-state index contributed by atoms with van der Waals surface area (Å²) in [5, 5.41) is 0. The first-order chi connectivity index (χ1) is 6.18. The molecule has 3 heteroatoms. The van der Waals surface area contributed by atoms with Crippen LogP contribution in [-0.2, 0) is 14.3 Å². The number of carbonyl (C=O) groups is 1. The Hall–Kier alpha value is -0.410. The summed E-state index contributed by atoms with van der Waals surface area (Å²) in [6.07, 6.45) is 2.99. The molecule has 0 bridgehead atoms. The Morgan fingerprint density at radius 1 is 1.69 bits per heavy atom. The third-order valence-electron chi connectivity index (χ3n) is 3.58. The van der Waals surface area contributed by atoms with Crippen molar-refractivity contribution < 1.29 is 14.3 Å². The van der Waals surface area contributed by atoms with E-state index < -0.39 is 5.60 Å². The quantitative estimate of drug-likeness (QED) is 0.617. The van der Waals surface area contributed by atoms with E-state index in [-0.39, 0.29) is 5.60 Å². The Kier molecular flexibility index (Phi) is 1.96. The van der Waals surface area contributed by atoms with E-state index in [0.717, 1.165) is 19.1 Å². The van der Waals surface area contributed by atoms with E-state index in [1.165, 1.54) is 0 Å². The summed E-state index contributed by atoms with van der Waals surface area (Å²) in [7, 11) is 0. The molecule has 0 aromatic rings. The normalized spacial score (nSPS) is 48.3. The van der Waals surface area contributed by atoms with Crippen LogP contribution in [0.2, 0.25) is 0 Å². The first-order valence-electron chi connectivity index (χ1n) is 4.93. The minimum Gasteiger partial charge on any atom is -0.371 e. The van der Waals surface area contributed by atoms with E-state index in [1.807, 2.05) is 13.8 Å². The number of hydrogen-bond donors (Lipinski definition) is 0. The molecule has 1 aliphatic carbocycles. The Morgan fingerprint density at radius 2 is 2.46 bits per heavy atom. The van der Waals surface area contributed by atoms with Gasteiger partial charge in [-0.1, -0.05) is 0 Å². The molecule has 2 aliphatic rings. The molecular weight excluding hydrogens is 168 g/mol. The van der Waals surface area contributed by atoms with Crippen LogP contribution < -0.4 is 0 Å². The molecule has 1 saturated carbocycles. The molecule has 0 unspecified atom stereocenters. The molecule has 0 radical (unpaired) electrons. The predicted molar refractivity (Wildman–Crippen MR) is 47.5 cm³/mol. The first kappa shape index (κ1) is 9.16. The SMILES string of the molecule is CCO[C@@]12CC[C@@H]1CO[C@]2(C)C=O. The Morgan fingerprint density at radius 3 is 2.92 bits per heavy atom. The van der Waals surface area contributed by atoms with Crippen molar-refractivity contribution in [1.29, 1.82) is 0 Å². The van der Waals surface area contributed by atoms with Crippen LogP contribution in [0.5, 0.6) is 0 Å². The van der Waals surface area contributed by atoms with Gasteiger partial charge in [0.25, 0.3) is 0 Å². The Balaban J connectivity index is 2.25. The lowest BCUT2D eigenvalue weighted by Gasteiger charge is -2.49. The van der Waals surface area contributed by atoms with Crippen LogP contribution in [0.3, 0.4) is 0 Å². The molecule has 0 N–H and O–H groups in total. The lowest BCUT2D eigenvalue weighted by Crippen LogP contribution is -2.60. The number of ether oxygens (including phenoxy) is 2. The molecule has 1 heterocycles. The number of carbonyl (C=O) groups excluding carboxylic acids is 1. The van der Waals surface area contributed by atoms with E-state index >= 15 is 0 Å². The van der Waals surface area contributed by atoms with Crippen molar-refractivity contribution in [2.75, 3.05) is 13.2 Å². The monoisotopic (exact) mass is 184 g/mol. The lowest BCUT2D eigenvalue weighted by molar-refractivity contribution is -0.185. The van der Waals surface area contributed by atoms with Crippen LogP contribution in [0.15, 0.2) is 0 Å². The van der Waals surface area contributed by atoms with Gasteiger partial charge in [-0.05, 0) is 26.7 Å². The van der Waals surface area contributed by atoms with Crippen LogP contribution in [0.25, 0.3) is 0 Å². The van der Waals surface area contributed by atoms with Gasteiger partial charge in [0.15, 0.2) is 6.29 Å². The van der Waals surface area contributed by atoms with Crippen LogP contribution in [-0.4, -0.2) is 30.7 Å². The second-order valence-corrected chi connectivity index (χ2v) is 4.09. The zero-order valence-electron chi connectivity index (χ0n) is 8.21. The molecule has 1 aliphatic heterocycles. The molecular formula is C10H16O3. The van der Waals surface area contributed by atoms with E-state index in [9.17, 15) is 4.79 Å². The number of fused-ring (bicyclic) bond motifs is 1. The second-order valence-electron chi connectivity index (χ2n) is 4.09. The smallest absolute Gasteiger partial charge is 0.154 e. The summed E-state index contributed by atoms with van der Waals surface area (Å²) in [5.41, 5.74) is -1.00. The highest BCUT2D eigenvalue weighted by atomic mass is 16.6. The molecule has 2 fully saturated rings. The maximum absolute atomic E-state index is 11.0. The van der Waals surface area contributed by atoms with Crippen molar-refractivity contribution >= 4 is 6.29 Å². The summed E-state index contributed by atoms with van der Waals surface area (Å²) in [6, 6.07) is 0. The molecule has 2 rings (SSSR count). The average molecular weight is 184 g/mol. The highest BCUT2D eigenvalue weighted by Gasteiger charge is 2.65. The predicted octanol–water partition coefficient (Wildman–Crippen LogP) is 1.16. The van der Waals surface area contributed by atoms with Crippen LogP contribution in [0.4, 0.5) is 0 Å². The fourth-order valence-corrected chi connectivity index (χ4v) is 2.60. The van der Waals surface area contributed by atoms with E-state index in [4.69, 9.17) is 9.47 Å². The third kappa shape index (κ3) is 0.945. The maximum Gasteiger partial charge on any atom is 0.154 e. The molecule has 1 saturated heterocycles. The number of rotatable bonds is 3. The molecule has 74 valence electrons. The molecule has 0 aromatic carbocycles. The lowest BCUT2D eigenvalue weighted by atomic mass is 9.63. The molecule has 13 heavy (non-hydrogen) atoms. The van der Waals surface area contributed by atoms with Crippen molar-refractivity contribution in [2.24, 2.45) is 5.92 Å². The minimum atomic E-state index is -0.702. The summed E-state index contributed by atoms with van der Waals surface area (Å²) in [5.74, 6) is 0.433. The van der Waals surface area contributed by atoms with Crippen molar-refractivity contribution in [2.45, 2.75) is 37.9 Å². The Bertz CT molecular complexity index is 228. The van der Waals surface area contributed by atoms with E-state index in [0.29, 0.717) is 19.1 Å². The number of hydrogen-bond acceptors (Lipinski definition) is 3. The molecule has 0 aromatic heterocycles. The summed E-state index contributed by atoms with van der Waals surface area (Å²) in [6.45, 7) is 5.14. The average Bonchev–Trinajstić information content (AvgIpc) is 2.28. The minimum absolute atomic E-state index is 0.302. The van der Waals surface area contributed by atoms with Crippen LogP contribution in [0.1, 0.15) is 26.7 Å².